The van der Waals surface area contributed by atoms with Crippen LogP contribution in [0.1, 0.15) is 31.9 Å². The van der Waals surface area contributed by atoms with Crippen LogP contribution >= 0.6 is 0 Å². The van der Waals surface area contributed by atoms with Gasteiger partial charge in [-0.2, -0.15) is 0 Å². The van der Waals surface area contributed by atoms with Crippen molar-refractivity contribution in [2.75, 3.05) is 34.5 Å². The summed E-state index contributed by atoms with van der Waals surface area (Å²) in [5.41, 5.74) is 2.21. The van der Waals surface area contributed by atoms with Gasteiger partial charge < -0.3 is 24.3 Å². The van der Waals surface area contributed by atoms with Crippen LogP contribution in [-0.4, -0.2) is 34.5 Å². The van der Waals surface area contributed by atoms with Crippen molar-refractivity contribution in [2.45, 2.75) is 32.7 Å². The van der Waals surface area contributed by atoms with Gasteiger partial charge in [0, 0.05) is 12.1 Å². The predicted octanol–water partition coefficient (Wildman–Crippen LogP) is 4.18. The lowest BCUT2D eigenvalue weighted by Crippen LogP contribution is -2.16. The van der Waals surface area contributed by atoms with E-state index in [0.29, 0.717) is 19.0 Å². The second kappa shape index (κ2) is 9.51. The van der Waals surface area contributed by atoms with Gasteiger partial charge in [-0.1, -0.05) is 26.8 Å². The van der Waals surface area contributed by atoms with Crippen LogP contribution in [0.25, 0.3) is 0 Å². The fourth-order valence-corrected chi connectivity index (χ4v) is 2.80. The van der Waals surface area contributed by atoms with Gasteiger partial charge in [0.1, 0.15) is 24.7 Å². The average Bonchev–Trinajstić information content (AvgIpc) is 2.65. The molecule has 0 atom stereocenters. The zero-order valence-electron chi connectivity index (χ0n) is 17.2. The fraction of sp³-hybridized carbons (Fsp3) is 0.455. The second-order valence-corrected chi connectivity index (χ2v) is 7.32. The molecule has 2 rings (SSSR count). The summed E-state index contributed by atoms with van der Waals surface area (Å²) in [7, 11) is 5.24. The van der Waals surface area contributed by atoms with E-state index in [4.69, 9.17) is 18.9 Å². The summed E-state index contributed by atoms with van der Waals surface area (Å²) in [6, 6.07) is 11.8. The molecule has 0 spiro atoms. The number of benzene rings is 2. The SMILES string of the molecule is CNCc1ccc(OCCOc2ccc(OC)cc2C(C)(C)C)c(OC)c1. The van der Waals surface area contributed by atoms with Gasteiger partial charge in [0.25, 0.3) is 0 Å². The maximum absolute atomic E-state index is 5.99. The van der Waals surface area contributed by atoms with Gasteiger partial charge in [-0.3, -0.25) is 0 Å². The van der Waals surface area contributed by atoms with Crippen molar-refractivity contribution >= 4 is 0 Å². The molecule has 0 heterocycles. The molecule has 0 aliphatic rings. The van der Waals surface area contributed by atoms with Crippen molar-refractivity contribution in [3.8, 4) is 23.0 Å². The number of methoxy groups -OCH3 is 2. The number of hydrogen-bond acceptors (Lipinski definition) is 5. The van der Waals surface area contributed by atoms with Gasteiger partial charge in [-0.05, 0) is 48.4 Å². The molecule has 0 aliphatic carbocycles. The Labute approximate surface area is 162 Å². The topological polar surface area (TPSA) is 49.0 Å². The molecule has 0 bridgehead atoms. The Balaban J connectivity index is 1.99. The van der Waals surface area contributed by atoms with E-state index in [9.17, 15) is 0 Å². The summed E-state index contributed by atoms with van der Waals surface area (Å²) in [6.45, 7) is 8.12. The summed E-state index contributed by atoms with van der Waals surface area (Å²) in [4.78, 5) is 0. The maximum Gasteiger partial charge on any atom is 0.161 e. The Morgan fingerprint density at radius 3 is 2.07 bits per heavy atom. The first-order chi connectivity index (χ1) is 12.9. The first kappa shape index (κ1) is 20.9. The Hall–Kier alpha value is -2.40. The summed E-state index contributed by atoms with van der Waals surface area (Å²) in [5, 5.41) is 3.13. The van der Waals surface area contributed by atoms with E-state index in [1.54, 1.807) is 14.2 Å². The molecule has 0 amide bonds. The Morgan fingerprint density at radius 1 is 0.815 bits per heavy atom. The Kier molecular flexibility index (Phi) is 7.36. The van der Waals surface area contributed by atoms with Gasteiger partial charge in [0.15, 0.2) is 11.5 Å². The van der Waals surface area contributed by atoms with Crippen LogP contribution in [0.3, 0.4) is 0 Å². The van der Waals surface area contributed by atoms with Gasteiger partial charge in [-0.25, -0.2) is 0 Å². The summed E-state index contributed by atoms with van der Waals surface area (Å²) < 4.78 is 22.6. The third-order valence-corrected chi connectivity index (χ3v) is 4.20. The van der Waals surface area contributed by atoms with E-state index in [1.165, 1.54) is 0 Å². The normalized spacial score (nSPS) is 11.2. The lowest BCUT2D eigenvalue weighted by atomic mass is 9.86. The average molecular weight is 373 g/mol. The Bertz CT molecular complexity index is 738. The van der Waals surface area contributed by atoms with Crippen LogP contribution in [-0.2, 0) is 12.0 Å². The largest absolute Gasteiger partial charge is 0.497 e. The zero-order valence-corrected chi connectivity index (χ0v) is 17.2. The van der Waals surface area contributed by atoms with E-state index in [0.717, 1.165) is 34.9 Å². The number of ether oxygens (including phenoxy) is 4. The quantitative estimate of drug-likeness (QED) is 0.668. The molecule has 0 aliphatic heterocycles. The molecule has 27 heavy (non-hydrogen) atoms. The smallest absolute Gasteiger partial charge is 0.161 e. The molecule has 5 nitrogen and oxygen atoms in total. The summed E-state index contributed by atoms with van der Waals surface area (Å²) in [5.74, 6) is 3.12. The third kappa shape index (κ3) is 5.79. The minimum atomic E-state index is -0.0445. The van der Waals surface area contributed by atoms with E-state index >= 15 is 0 Å². The highest BCUT2D eigenvalue weighted by Gasteiger charge is 2.20. The van der Waals surface area contributed by atoms with Gasteiger partial charge in [0.05, 0.1) is 14.2 Å². The molecular weight excluding hydrogens is 342 g/mol. The molecule has 0 fully saturated rings. The lowest BCUT2D eigenvalue weighted by Gasteiger charge is -2.23. The van der Waals surface area contributed by atoms with Crippen LogP contribution in [0.4, 0.5) is 0 Å². The number of rotatable bonds is 9. The molecule has 0 aromatic heterocycles. The standard InChI is InChI=1S/C22H31NO4/c1-22(2,3)18-14-17(24-5)8-10-19(18)26-11-12-27-20-9-7-16(15-23-4)13-21(20)25-6/h7-10,13-14,23H,11-12,15H2,1-6H3. The minimum Gasteiger partial charge on any atom is -0.497 e. The van der Waals surface area contributed by atoms with E-state index < -0.39 is 0 Å². The minimum absolute atomic E-state index is 0.0445. The second-order valence-electron chi connectivity index (χ2n) is 7.32. The molecule has 148 valence electrons. The molecule has 0 radical (unpaired) electrons. The molecule has 0 saturated heterocycles. The summed E-state index contributed by atoms with van der Waals surface area (Å²) in [6.07, 6.45) is 0. The van der Waals surface area contributed by atoms with Crippen LogP contribution in [0, 0.1) is 0 Å². The Morgan fingerprint density at radius 2 is 1.48 bits per heavy atom. The molecular formula is C22H31NO4. The molecule has 1 N–H and O–H groups in total. The highest BCUT2D eigenvalue weighted by atomic mass is 16.5. The molecule has 0 saturated carbocycles. The van der Waals surface area contributed by atoms with Crippen LogP contribution in [0.2, 0.25) is 0 Å². The summed E-state index contributed by atoms with van der Waals surface area (Å²) >= 11 is 0. The molecule has 0 unspecified atom stereocenters. The zero-order chi connectivity index (χ0) is 19.9. The predicted molar refractivity (Wildman–Crippen MR) is 108 cm³/mol. The van der Waals surface area contributed by atoms with Gasteiger partial charge in [-0.15, -0.1) is 0 Å². The van der Waals surface area contributed by atoms with E-state index in [-0.39, 0.29) is 5.41 Å². The first-order valence-corrected chi connectivity index (χ1v) is 9.14. The highest BCUT2D eigenvalue weighted by Crippen LogP contribution is 2.34. The third-order valence-electron chi connectivity index (χ3n) is 4.20. The van der Waals surface area contributed by atoms with Crippen molar-refractivity contribution in [1.82, 2.24) is 5.32 Å². The van der Waals surface area contributed by atoms with Crippen molar-refractivity contribution in [3.05, 3.63) is 47.5 Å². The molecule has 2 aromatic carbocycles. The maximum atomic E-state index is 5.99. The van der Waals surface area contributed by atoms with Crippen LogP contribution < -0.4 is 24.3 Å². The molecule has 2 aromatic rings. The number of hydrogen-bond donors (Lipinski definition) is 1. The highest BCUT2D eigenvalue weighted by molar-refractivity contribution is 5.44. The fourth-order valence-electron chi connectivity index (χ4n) is 2.80. The van der Waals surface area contributed by atoms with Gasteiger partial charge >= 0.3 is 0 Å². The van der Waals surface area contributed by atoms with Crippen molar-refractivity contribution in [2.24, 2.45) is 0 Å². The van der Waals surface area contributed by atoms with Gasteiger partial charge in [0.2, 0.25) is 0 Å². The van der Waals surface area contributed by atoms with Crippen molar-refractivity contribution in [3.63, 3.8) is 0 Å². The number of nitrogens with one attached hydrogen (secondary N) is 1. The van der Waals surface area contributed by atoms with Crippen molar-refractivity contribution < 1.29 is 18.9 Å². The first-order valence-electron chi connectivity index (χ1n) is 9.14. The lowest BCUT2D eigenvalue weighted by molar-refractivity contribution is 0.208. The van der Waals surface area contributed by atoms with E-state index in [2.05, 4.69) is 26.1 Å². The van der Waals surface area contributed by atoms with Crippen molar-refractivity contribution in [1.29, 1.82) is 0 Å². The van der Waals surface area contributed by atoms with Crippen LogP contribution in [0.15, 0.2) is 36.4 Å². The molecule has 5 heteroatoms. The van der Waals surface area contributed by atoms with Crippen LogP contribution in [0.5, 0.6) is 23.0 Å². The van der Waals surface area contributed by atoms with E-state index in [1.807, 2.05) is 43.4 Å². The monoisotopic (exact) mass is 373 g/mol.